The largest absolute Gasteiger partial charge is 0.494 e. The lowest BCUT2D eigenvalue weighted by Gasteiger charge is -2.34. The number of nitriles is 1. The highest BCUT2D eigenvalue weighted by molar-refractivity contribution is 5.89. The second-order valence-electron chi connectivity index (χ2n) is 7.33. The maximum atomic E-state index is 12.4. The summed E-state index contributed by atoms with van der Waals surface area (Å²) in [4.78, 5) is 12.4. The third-order valence-electron chi connectivity index (χ3n) is 5.22. The van der Waals surface area contributed by atoms with Crippen LogP contribution >= 0.6 is 0 Å². The fourth-order valence-corrected chi connectivity index (χ4v) is 3.52. The molecule has 0 bridgehead atoms. The van der Waals surface area contributed by atoms with Crippen LogP contribution < -0.4 is 4.74 Å². The van der Waals surface area contributed by atoms with Gasteiger partial charge in [-0.25, -0.2) is 4.79 Å². The highest BCUT2D eigenvalue weighted by Crippen LogP contribution is 2.41. The molecule has 26 heavy (non-hydrogen) atoms. The van der Waals surface area contributed by atoms with Crippen LogP contribution in [0.1, 0.15) is 82.0 Å². The third-order valence-corrected chi connectivity index (χ3v) is 5.22. The van der Waals surface area contributed by atoms with Crippen LogP contribution in [0.25, 0.3) is 0 Å². The van der Waals surface area contributed by atoms with Gasteiger partial charge in [0.05, 0.1) is 23.7 Å². The first-order valence-corrected chi connectivity index (χ1v) is 9.97. The SMILES string of the molecule is CCCCC[C@]1(C#N)CC[C@@H](OC(=O)c2ccc(OCCC)cc2)CC1. The van der Waals surface area contributed by atoms with Gasteiger partial charge in [-0.1, -0.05) is 33.1 Å². The molecule has 0 unspecified atom stereocenters. The van der Waals surface area contributed by atoms with Crippen LogP contribution in [0.2, 0.25) is 0 Å². The predicted molar refractivity (Wildman–Crippen MR) is 102 cm³/mol. The second-order valence-corrected chi connectivity index (χ2v) is 7.33. The minimum absolute atomic E-state index is 0.0776. The Hall–Kier alpha value is -2.02. The molecule has 4 nitrogen and oxygen atoms in total. The lowest BCUT2D eigenvalue weighted by molar-refractivity contribution is 0.0105. The number of rotatable bonds is 9. The van der Waals surface area contributed by atoms with Crippen molar-refractivity contribution in [3.05, 3.63) is 29.8 Å². The summed E-state index contributed by atoms with van der Waals surface area (Å²) in [6.45, 7) is 4.91. The standard InChI is InChI=1S/C22H31NO3/c1-3-5-6-13-22(17-23)14-11-20(12-15-22)26-21(24)18-7-9-19(10-8-18)25-16-4-2/h7-10,20H,3-6,11-16H2,1-2H3/t20-,22+. The van der Waals surface area contributed by atoms with Crippen molar-refractivity contribution in [2.75, 3.05) is 6.61 Å². The molecule has 0 aromatic heterocycles. The van der Waals surface area contributed by atoms with E-state index in [4.69, 9.17) is 9.47 Å². The monoisotopic (exact) mass is 357 g/mol. The number of ether oxygens (including phenoxy) is 2. The molecule has 1 aromatic rings. The van der Waals surface area contributed by atoms with Crippen molar-refractivity contribution in [2.45, 2.75) is 77.7 Å². The molecule has 1 saturated carbocycles. The average Bonchev–Trinajstić information content (AvgIpc) is 2.68. The third kappa shape index (κ3) is 5.76. The molecule has 1 aromatic carbocycles. The molecule has 142 valence electrons. The smallest absolute Gasteiger partial charge is 0.338 e. The van der Waals surface area contributed by atoms with Crippen LogP contribution in [0.5, 0.6) is 5.75 Å². The van der Waals surface area contributed by atoms with Gasteiger partial charge in [0.2, 0.25) is 0 Å². The Morgan fingerprint density at radius 2 is 1.85 bits per heavy atom. The molecule has 1 aliphatic rings. The molecule has 0 aliphatic heterocycles. The fourth-order valence-electron chi connectivity index (χ4n) is 3.52. The zero-order valence-electron chi connectivity index (χ0n) is 16.1. The summed E-state index contributed by atoms with van der Waals surface area (Å²) >= 11 is 0. The van der Waals surface area contributed by atoms with Gasteiger partial charge in [0.25, 0.3) is 0 Å². The molecular formula is C22H31NO3. The van der Waals surface area contributed by atoms with E-state index in [2.05, 4.69) is 19.9 Å². The van der Waals surface area contributed by atoms with Gasteiger partial charge in [-0.15, -0.1) is 0 Å². The molecule has 4 heteroatoms. The van der Waals surface area contributed by atoms with Crippen molar-refractivity contribution in [3.8, 4) is 11.8 Å². The number of carbonyl (C=O) groups excluding carboxylic acids is 1. The van der Waals surface area contributed by atoms with E-state index in [1.807, 2.05) is 12.1 Å². The van der Waals surface area contributed by atoms with Gasteiger partial charge < -0.3 is 9.47 Å². The van der Waals surface area contributed by atoms with Gasteiger partial charge in [0.1, 0.15) is 11.9 Å². The predicted octanol–water partition coefficient (Wildman–Crippen LogP) is 5.67. The number of hydrogen-bond donors (Lipinski definition) is 0. The summed E-state index contributed by atoms with van der Waals surface area (Å²) in [7, 11) is 0. The van der Waals surface area contributed by atoms with E-state index in [9.17, 15) is 10.1 Å². The molecule has 0 N–H and O–H groups in total. The van der Waals surface area contributed by atoms with E-state index in [-0.39, 0.29) is 17.5 Å². The molecule has 0 radical (unpaired) electrons. The summed E-state index contributed by atoms with van der Waals surface area (Å²) < 4.78 is 11.2. The Morgan fingerprint density at radius 1 is 1.15 bits per heavy atom. The molecule has 0 heterocycles. The van der Waals surface area contributed by atoms with Crippen molar-refractivity contribution in [3.63, 3.8) is 0 Å². The summed E-state index contributed by atoms with van der Waals surface area (Å²) in [5, 5.41) is 9.60. The lowest BCUT2D eigenvalue weighted by Crippen LogP contribution is -2.31. The zero-order valence-corrected chi connectivity index (χ0v) is 16.1. The van der Waals surface area contributed by atoms with E-state index in [1.165, 1.54) is 12.8 Å². The van der Waals surface area contributed by atoms with Crippen molar-refractivity contribution in [1.29, 1.82) is 5.26 Å². The number of hydrogen-bond acceptors (Lipinski definition) is 4. The van der Waals surface area contributed by atoms with Crippen LogP contribution in [0.15, 0.2) is 24.3 Å². The van der Waals surface area contributed by atoms with Gasteiger partial charge in [-0.05, 0) is 62.8 Å². The van der Waals surface area contributed by atoms with Crippen molar-refractivity contribution in [1.82, 2.24) is 0 Å². The molecule has 0 atom stereocenters. The molecule has 1 aliphatic carbocycles. The van der Waals surface area contributed by atoms with E-state index < -0.39 is 0 Å². The average molecular weight is 357 g/mol. The van der Waals surface area contributed by atoms with Gasteiger partial charge >= 0.3 is 5.97 Å². The molecule has 1 fully saturated rings. The zero-order chi connectivity index (χ0) is 18.8. The minimum Gasteiger partial charge on any atom is -0.494 e. The van der Waals surface area contributed by atoms with E-state index in [0.29, 0.717) is 12.2 Å². The number of esters is 1. The van der Waals surface area contributed by atoms with E-state index in [1.54, 1.807) is 12.1 Å². The molecular weight excluding hydrogens is 326 g/mol. The molecule has 0 amide bonds. The number of benzene rings is 1. The van der Waals surface area contributed by atoms with Crippen LogP contribution in [-0.2, 0) is 4.74 Å². The van der Waals surface area contributed by atoms with E-state index in [0.717, 1.165) is 50.7 Å². The normalized spacial score (nSPS) is 22.4. The number of carbonyl (C=O) groups is 1. The second kappa shape index (κ2) is 10.2. The van der Waals surface area contributed by atoms with E-state index >= 15 is 0 Å². The number of unbranched alkanes of at least 4 members (excludes halogenated alkanes) is 2. The van der Waals surface area contributed by atoms with Gasteiger partial charge in [-0.3, -0.25) is 0 Å². The maximum Gasteiger partial charge on any atom is 0.338 e. The number of nitrogens with zero attached hydrogens (tertiary/aromatic N) is 1. The first-order valence-electron chi connectivity index (χ1n) is 9.97. The van der Waals surface area contributed by atoms with Crippen molar-refractivity contribution < 1.29 is 14.3 Å². The van der Waals surface area contributed by atoms with Crippen LogP contribution in [0.4, 0.5) is 0 Å². The Bertz CT molecular complexity index is 595. The van der Waals surface area contributed by atoms with Crippen molar-refractivity contribution in [2.24, 2.45) is 5.41 Å². The van der Waals surface area contributed by atoms with Crippen LogP contribution in [-0.4, -0.2) is 18.7 Å². The quantitative estimate of drug-likeness (QED) is 0.422. The Labute approximate surface area is 157 Å². The maximum absolute atomic E-state index is 12.4. The molecule has 2 rings (SSSR count). The van der Waals surface area contributed by atoms with Gasteiger partial charge in [0, 0.05) is 0 Å². The first kappa shape index (κ1) is 20.3. The van der Waals surface area contributed by atoms with Gasteiger partial charge in [0.15, 0.2) is 0 Å². The van der Waals surface area contributed by atoms with Gasteiger partial charge in [-0.2, -0.15) is 5.26 Å². The minimum atomic E-state index is -0.285. The summed E-state index contributed by atoms with van der Waals surface area (Å²) in [6.07, 6.45) is 8.53. The Kier molecular flexibility index (Phi) is 7.97. The Morgan fingerprint density at radius 3 is 2.42 bits per heavy atom. The summed E-state index contributed by atoms with van der Waals surface area (Å²) in [5.74, 6) is 0.486. The lowest BCUT2D eigenvalue weighted by atomic mass is 9.71. The first-order chi connectivity index (χ1) is 12.6. The highest BCUT2D eigenvalue weighted by Gasteiger charge is 2.36. The van der Waals surface area contributed by atoms with Crippen molar-refractivity contribution >= 4 is 5.97 Å². The topological polar surface area (TPSA) is 59.3 Å². The highest BCUT2D eigenvalue weighted by atomic mass is 16.5. The van der Waals surface area contributed by atoms with Crippen LogP contribution in [0.3, 0.4) is 0 Å². The summed E-state index contributed by atoms with van der Waals surface area (Å²) in [5.41, 5.74) is 0.338. The Balaban J connectivity index is 1.82. The fraction of sp³-hybridized carbons (Fsp3) is 0.636. The molecule has 0 spiro atoms. The summed E-state index contributed by atoms with van der Waals surface area (Å²) in [6, 6.07) is 9.67. The van der Waals surface area contributed by atoms with Crippen LogP contribution in [0, 0.1) is 16.7 Å². The molecule has 0 saturated heterocycles.